The van der Waals surface area contributed by atoms with Gasteiger partial charge in [0.15, 0.2) is 0 Å². The number of ether oxygens (including phenoxy) is 1. The van der Waals surface area contributed by atoms with E-state index in [1.807, 2.05) is 42.5 Å². The van der Waals surface area contributed by atoms with Gasteiger partial charge in [0.2, 0.25) is 5.91 Å². The van der Waals surface area contributed by atoms with E-state index >= 15 is 0 Å². The summed E-state index contributed by atoms with van der Waals surface area (Å²) < 4.78 is 33.4. The number of anilines is 1. The van der Waals surface area contributed by atoms with Gasteiger partial charge in [0.1, 0.15) is 17.4 Å². The van der Waals surface area contributed by atoms with Crippen molar-refractivity contribution in [1.82, 2.24) is 0 Å². The molecule has 1 aliphatic rings. The molecule has 3 nitrogen and oxygen atoms in total. The Kier molecular flexibility index (Phi) is 6.77. The predicted molar refractivity (Wildman–Crippen MR) is 127 cm³/mol. The van der Waals surface area contributed by atoms with Crippen LogP contribution in [0.25, 0.3) is 0 Å². The van der Waals surface area contributed by atoms with Gasteiger partial charge in [0.05, 0.1) is 19.6 Å². The number of benzene rings is 3. The summed E-state index contributed by atoms with van der Waals surface area (Å²) in [4.78, 5) is 15.6. The van der Waals surface area contributed by atoms with Crippen LogP contribution in [0.2, 0.25) is 0 Å². The first kappa shape index (κ1) is 23.0. The van der Waals surface area contributed by atoms with Gasteiger partial charge in [0, 0.05) is 17.3 Å². The van der Waals surface area contributed by atoms with Crippen molar-refractivity contribution in [3.63, 3.8) is 0 Å². The molecule has 1 atom stereocenters. The van der Waals surface area contributed by atoms with E-state index in [1.165, 1.54) is 12.1 Å². The van der Waals surface area contributed by atoms with Gasteiger partial charge in [-0.15, -0.1) is 0 Å². The highest BCUT2D eigenvalue weighted by Gasteiger charge is 2.31. The Balaban J connectivity index is 1.74. The fourth-order valence-electron chi connectivity index (χ4n) is 4.50. The van der Waals surface area contributed by atoms with E-state index in [-0.39, 0.29) is 23.9 Å². The second-order valence-electron chi connectivity index (χ2n) is 8.92. The molecule has 172 valence electrons. The summed E-state index contributed by atoms with van der Waals surface area (Å²) in [6.07, 6.45) is 2.53. The average Bonchev–Trinajstić information content (AvgIpc) is 2.82. The molecule has 5 heteroatoms. The Hall–Kier alpha value is -3.21. The quantitative estimate of drug-likeness (QED) is 0.417. The number of carbonyl (C=O) groups excluding carboxylic acids is 1. The van der Waals surface area contributed by atoms with Gasteiger partial charge in [-0.2, -0.15) is 0 Å². The molecule has 33 heavy (non-hydrogen) atoms. The molecule has 1 amide bonds. The fourth-order valence-corrected chi connectivity index (χ4v) is 4.50. The zero-order valence-corrected chi connectivity index (χ0v) is 19.3. The molecule has 0 N–H and O–H groups in total. The maximum absolute atomic E-state index is 14.5. The van der Waals surface area contributed by atoms with Crippen LogP contribution in [0.1, 0.15) is 60.8 Å². The lowest BCUT2D eigenvalue weighted by Gasteiger charge is -2.31. The number of rotatable bonds is 6. The Morgan fingerprint density at radius 2 is 1.82 bits per heavy atom. The minimum absolute atomic E-state index is 0.0295. The van der Waals surface area contributed by atoms with Crippen LogP contribution in [0.15, 0.2) is 60.7 Å². The second-order valence-corrected chi connectivity index (χ2v) is 8.92. The zero-order chi connectivity index (χ0) is 23.5. The highest BCUT2D eigenvalue weighted by atomic mass is 19.1. The van der Waals surface area contributed by atoms with E-state index < -0.39 is 11.6 Å². The molecule has 3 aromatic carbocycles. The molecule has 0 heterocycles. The largest absolute Gasteiger partial charge is 0.497 e. The van der Waals surface area contributed by atoms with E-state index in [4.69, 9.17) is 4.74 Å². The first-order valence-electron chi connectivity index (χ1n) is 11.4. The lowest BCUT2D eigenvalue weighted by Crippen LogP contribution is -2.36. The lowest BCUT2D eigenvalue weighted by atomic mass is 9.81. The Bertz CT molecular complexity index is 1140. The van der Waals surface area contributed by atoms with E-state index in [2.05, 4.69) is 13.8 Å². The maximum Gasteiger partial charge on any atom is 0.234 e. The van der Waals surface area contributed by atoms with Crippen LogP contribution < -0.4 is 9.64 Å². The highest BCUT2D eigenvalue weighted by Crippen LogP contribution is 2.37. The smallest absolute Gasteiger partial charge is 0.234 e. The minimum atomic E-state index is -0.655. The van der Waals surface area contributed by atoms with E-state index in [9.17, 15) is 13.6 Å². The average molecular weight is 450 g/mol. The molecule has 1 aliphatic carbocycles. The number of amides is 1. The summed E-state index contributed by atoms with van der Waals surface area (Å²) in [6.45, 7) is 4.25. The predicted octanol–water partition coefficient (Wildman–Crippen LogP) is 6.75. The van der Waals surface area contributed by atoms with Crippen LogP contribution in [0.4, 0.5) is 14.5 Å². The van der Waals surface area contributed by atoms with Crippen molar-refractivity contribution in [3.05, 3.63) is 94.6 Å². The van der Waals surface area contributed by atoms with Crippen molar-refractivity contribution in [1.29, 1.82) is 0 Å². The third-order valence-corrected chi connectivity index (χ3v) is 6.45. The van der Waals surface area contributed by atoms with E-state index in [0.717, 1.165) is 35.6 Å². The zero-order valence-electron chi connectivity index (χ0n) is 19.3. The Morgan fingerprint density at radius 1 is 1.06 bits per heavy atom. The SMILES string of the molecule is COc1ccc2c(c1)C(C(=O)N(Cc1ccc(F)cc1F)c1ccc(C(C)C)cc1)CCC2. The number of methoxy groups -OCH3 is 1. The number of fused-ring (bicyclic) bond motifs is 1. The number of aryl methyl sites for hydroxylation is 1. The first-order chi connectivity index (χ1) is 15.9. The van der Waals surface area contributed by atoms with Crippen molar-refractivity contribution >= 4 is 11.6 Å². The molecule has 1 unspecified atom stereocenters. The molecule has 0 radical (unpaired) electrons. The summed E-state index contributed by atoms with van der Waals surface area (Å²) >= 11 is 0. The van der Waals surface area contributed by atoms with Crippen LogP contribution in [-0.4, -0.2) is 13.0 Å². The number of hydrogen-bond acceptors (Lipinski definition) is 2. The first-order valence-corrected chi connectivity index (χ1v) is 11.4. The number of carbonyl (C=O) groups is 1. The molecule has 0 saturated heterocycles. The topological polar surface area (TPSA) is 29.5 Å². The summed E-state index contributed by atoms with van der Waals surface area (Å²) in [7, 11) is 1.61. The lowest BCUT2D eigenvalue weighted by molar-refractivity contribution is -0.120. The van der Waals surface area contributed by atoms with Crippen LogP contribution in [0.5, 0.6) is 5.75 Å². The van der Waals surface area contributed by atoms with Crippen molar-refractivity contribution in [2.75, 3.05) is 12.0 Å². The number of hydrogen-bond donors (Lipinski definition) is 0. The fraction of sp³-hybridized carbons (Fsp3) is 0.321. The Labute approximate surface area is 194 Å². The van der Waals surface area contributed by atoms with Gasteiger partial charge in [-0.3, -0.25) is 4.79 Å². The molecule has 0 saturated carbocycles. The normalized spacial score (nSPS) is 15.3. The van der Waals surface area contributed by atoms with Gasteiger partial charge < -0.3 is 9.64 Å². The highest BCUT2D eigenvalue weighted by molar-refractivity contribution is 5.98. The minimum Gasteiger partial charge on any atom is -0.497 e. The number of halogens is 2. The molecule has 0 aromatic heterocycles. The summed E-state index contributed by atoms with van der Waals surface area (Å²) in [6, 6.07) is 17.2. The standard InChI is InChI=1S/C28H29F2NO2/c1-18(2)19-8-12-23(13-9-19)31(17-21-7-11-22(29)15-27(21)30)28(32)25-6-4-5-20-10-14-24(33-3)16-26(20)25/h7-16,18,25H,4-6,17H2,1-3H3. The summed E-state index contributed by atoms with van der Waals surface area (Å²) in [5.41, 5.74) is 4.24. The molecule has 0 bridgehead atoms. The Morgan fingerprint density at radius 3 is 2.48 bits per heavy atom. The summed E-state index contributed by atoms with van der Waals surface area (Å²) in [5.74, 6) is -0.662. The van der Waals surface area contributed by atoms with E-state index in [0.29, 0.717) is 23.8 Å². The molecular formula is C28H29F2NO2. The third kappa shape index (κ3) is 4.92. The molecule has 3 aromatic rings. The molecule has 4 rings (SSSR count). The van der Waals surface area contributed by atoms with Crippen LogP contribution in [0.3, 0.4) is 0 Å². The van der Waals surface area contributed by atoms with Crippen LogP contribution in [0, 0.1) is 11.6 Å². The van der Waals surface area contributed by atoms with Gasteiger partial charge in [-0.1, -0.05) is 38.1 Å². The monoisotopic (exact) mass is 449 g/mol. The van der Waals surface area contributed by atoms with Gasteiger partial charge in [0.25, 0.3) is 0 Å². The van der Waals surface area contributed by atoms with Crippen molar-refractivity contribution in [2.45, 2.75) is 51.5 Å². The van der Waals surface area contributed by atoms with Crippen LogP contribution in [-0.2, 0) is 17.8 Å². The molecule has 0 aliphatic heterocycles. The molecular weight excluding hydrogens is 420 g/mol. The summed E-state index contributed by atoms with van der Waals surface area (Å²) in [5, 5.41) is 0. The molecule has 0 spiro atoms. The van der Waals surface area contributed by atoms with Crippen LogP contribution >= 0.6 is 0 Å². The van der Waals surface area contributed by atoms with E-state index in [1.54, 1.807) is 12.0 Å². The van der Waals surface area contributed by atoms with Crippen molar-refractivity contribution < 1.29 is 18.3 Å². The molecule has 0 fully saturated rings. The number of nitrogens with zero attached hydrogens (tertiary/aromatic N) is 1. The second kappa shape index (κ2) is 9.74. The van der Waals surface area contributed by atoms with Crippen molar-refractivity contribution in [3.8, 4) is 5.75 Å². The van der Waals surface area contributed by atoms with Gasteiger partial charge in [-0.05, 0) is 72.2 Å². The van der Waals surface area contributed by atoms with Gasteiger partial charge >= 0.3 is 0 Å². The van der Waals surface area contributed by atoms with Crippen molar-refractivity contribution in [2.24, 2.45) is 0 Å². The third-order valence-electron chi connectivity index (χ3n) is 6.45. The van der Waals surface area contributed by atoms with Gasteiger partial charge in [-0.25, -0.2) is 8.78 Å². The maximum atomic E-state index is 14.5.